The monoisotopic (exact) mass is 628 g/mol. The van der Waals surface area contributed by atoms with Crippen LogP contribution in [-0.4, -0.2) is 37.2 Å². The molecule has 3 aliphatic rings. The van der Waals surface area contributed by atoms with E-state index in [1.54, 1.807) is 0 Å². The Morgan fingerprint density at radius 1 is 0.422 bits per heavy atom. The minimum Gasteiger partial charge on any atom is -0.460 e. The van der Waals surface area contributed by atoms with E-state index in [1.165, 1.54) is 12.8 Å². The highest BCUT2D eigenvalue weighted by molar-refractivity contribution is 5.23. The van der Waals surface area contributed by atoms with Gasteiger partial charge in [0.15, 0.2) is 0 Å². The Labute approximate surface area is 276 Å². The van der Waals surface area contributed by atoms with Crippen LogP contribution in [0.3, 0.4) is 0 Å². The zero-order valence-electron chi connectivity index (χ0n) is 30.6. The molecule has 3 unspecified atom stereocenters. The first-order chi connectivity index (χ1) is 21.7. The Hall–Kier alpha value is -3.06. The van der Waals surface area contributed by atoms with Crippen LogP contribution < -0.4 is 14.2 Å². The van der Waals surface area contributed by atoms with Crippen LogP contribution in [0.25, 0.3) is 0 Å². The van der Waals surface area contributed by atoms with Gasteiger partial charge in [0.2, 0.25) is 17.4 Å². The zero-order valence-corrected chi connectivity index (χ0v) is 30.6. The van der Waals surface area contributed by atoms with Crippen LogP contribution in [-0.2, 0) is 14.2 Å². The molecular formula is C39H64O6. The minimum atomic E-state index is -0.346. The summed E-state index contributed by atoms with van der Waals surface area (Å²) < 4.78 is 31.7. The predicted octanol–water partition coefficient (Wildman–Crippen LogP) is 11.3. The third-order valence-electron chi connectivity index (χ3n) is 4.88. The quantitative estimate of drug-likeness (QED) is 0.253. The molecule has 0 aliphatic carbocycles. The Morgan fingerprint density at radius 2 is 0.578 bits per heavy atom. The normalized spacial score (nSPS) is 21.8. The second-order valence-electron chi connectivity index (χ2n) is 9.93. The van der Waals surface area contributed by atoms with Crippen molar-refractivity contribution in [2.45, 2.75) is 120 Å². The molecule has 6 nitrogen and oxygen atoms in total. The molecule has 3 heterocycles. The van der Waals surface area contributed by atoms with Crippen molar-refractivity contribution in [1.29, 1.82) is 0 Å². The maximum atomic E-state index is 5.49. The second-order valence-corrected chi connectivity index (χ2v) is 9.93. The average Bonchev–Trinajstić information content (AvgIpc) is 4.03. The number of para-hydroxylation sites is 3. The van der Waals surface area contributed by atoms with Gasteiger partial charge in [0, 0.05) is 20.8 Å². The first-order valence-electron chi connectivity index (χ1n) is 16.8. The first kappa shape index (κ1) is 44.1. The zero-order chi connectivity index (χ0) is 34.6. The molecule has 0 N–H and O–H groups in total. The molecule has 0 bridgehead atoms. The van der Waals surface area contributed by atoms with Crippen molar-refractivity contribution < 1.29 is 28.4 Å². The van der Waals surface area contributed by atoms with E-state index in [0.29, 0.717) is 19.8 Å². The summed E-state index contributed by atoms with van der Waals surface area (Å²) in [4.78, 5) is 0. The fourth-order valence-corrected chi connectivity index (χ4v) is 2.70. The summed E-state index contributed by atoms with van der Waals surface area (Å²) in [5.74, 6) is 1.57. The summed E-state index contributed by atoms with van der Waals surface area (Å²) in [6.07, 6.45) is 2.50. The van der Waals surface area contributed by atoms with Crippen molar-refractivity contribution in [3.63, 3.8) is 0 Å². The summed E-state index contributed by atoms with van der Waals surface area (Å²) in [5.41, 5.74) is 0. The van der Waals surface area contributed by atoms with Crippen molar-refractivity contribution in [2.24, 2.45) is 0 Å². The Balaban J connectivity index is 0. The summed E-state index contributed by atoms with van der Waals surface area (Å²) in [6, 6.07) is 29.1. The van der Waals surface area contributed by atoms with Gasteiger partial charge in [0.05, 0.1) is 0 Å². The summed E-state index contributed by atoms with van der Waals surface area (Å²) in [5, 5.41) is 0. The summed E-state index contributed by atoms with van der Waals surface area (Å²) in [7, 11) is 0. The molecule has 0 aromatic heterocycles. The summed E-state index contributed by atoms with van der Waals surface area (Å²) in [6.45, 7) is 28.4. The van der Waals surface area contributed by atoms with E-state index in [0.717, 1.165) is 17.2 Å². The second kappa shape index (κ2) is 26.2. The number of hydrogen-bond acceptors (Lipinski definition) is 6. The lowest BCUT2D eigenvalue weighted by molar-refractivity contribution is 0.0797. The van der Waals surface area contributed by atoms with Crippen molar-refractivity contribution in [2.75, 3.05) is 19.8 Å². The molecule has 0 amide bonds. The van der Waals surface area contributed by atoms with Crippen LogP contribution in [0.4, 0.5) is 0 Å². The Morgan fingerprint density at radius 3 is 0.711 bits per heavy atom. The predicted molar refractivity (Wildman–Crippen MR) is 190 cm³/mol. The molecule has 6 rings (SSSR count). The molecule has 45 heavy (non-hydrogen) atoms. The largest absolute Gasteiger partial charge is 0.460 e. The molecule has 3 fully saturated rings. The highest BCUT2D eigenvalue weighted by Crippen LogP contribution is 2.30. The SMILES string of the molecule is CC.CC.CC.CC1(Oc2ccccc2)CO1.CC1(Oc2ccccc2)CO1.CC1(Oc2ccccc2)CO1.CCC.CCC. The van der Waals surface area contributed by atoms with Gasteiger partial charge in [-0.3, -0.25) is 0 Å². The minimum absolute atomic E-state index is 0.346. The standard InChI is InChI=1S/3C9H10O2.2C3H8.3C2H6/c3*1-9(7-10-9)11-8-5-3-2-4-6-8;2*1-3-2;3*1-2/h3*2-6H,7H2,1H3;2*3H2,1-2H3;3*1-2H3. The number of rotatable bonds is 6. The van der Waals surface area contributed by atoms with E-state index in [1.807, 2.05) is 153 Å². The molecule has 3 aromatic rings. The fourth-order valence-electron chi connectivity index (χ4n) is 2.70. The molecule has 3 aliphatic heterocycles. The van der Waals surface area contributed by atoms with Gasteiger partial charge in [-0.15, -0.1) is 0 Å². The van der Waals surface area contributed by atoms with Crippen LogP contribution in [0.2, 0.25) is 0 Å². The van der Waals surface area contributed by atoms with Gasteiger partial charge >= 0.3 is 0 Å². The van der Waals surface area contributed by atoms with E-state index in [9.17, 15) is 0 Å². The van der Waals surface area contributed by atoms with Crippen LogP contribution >= 0.6 is 0 Å². The van der Waals surface area contributed by atoms with E-state index in [2.05, 4.69) is 27.7 Å². The Kier molecular flexibility index (Phi) is 25.6. The lowest BCUT2D eigenvalue weighted by Gasteiger charge is -2.08. The molecule has 3 saturated heterocycles. The summed E-state index contributed by atoms with van der Waals surface area (Å²) >= 11 is 0. The molecular weight excluding hydrogens is 564 g/mol. The molecule has 3 aromatic carbocycles. The first-order valence-corrected chi connectivity index (χ1v) is 16.8. The maximum absolute atomic E-state index is 5.49. The van der Waals surface area contributed by atoms with Crippen molar-refractivity contribution >= 4 is 0 Å². The lowest BCUT2D eigenvalue weighted by Crippen LogP contribution is -2.14. The third-order valence-corrected chi connectivity index (χ3v) is 4.88. The van der Waals surface area contributed by atoms with E-state index in [-0.39, 0.29) is 17.4 Å². The lowest BCUT2D eigenvalue weighted by atomic mass is 10.3. The molecule has 6 heteroatoms. The van der Waals surface area contributed by atoms with Crippen molar-refractivity contribution in [1.82, 2.24) is 0 Å². The number of ether oxygens (including phenoxy) is 6. The van der Waals surface area contributed by atoms with Crippen molar-refractivity contribution in [3.05, 3.63) is 91.0 Å². The number of hydrogen-bond donors (Lipinski definition) is 0. The molecule has 0 spiro atoms. The van der Waals surface area contributed by atoms with Gasteiger partial charge in [-0.1, -0.05) is 137 Å². The average molecular weight is 629 g/mol. The molecule has 256 valence electrons. The molecule has 0 radical (unpaired) electrons. The van der Waals surface area contributed by atoms with Gasteiger partial charge in [0.25, 0.3) is 0 Å². The Bertz CT molecular complexity index is 881. The van der Waals surface area contributed by atoms with Gasteiger partial charge < -0.3 is 28.4 Å². The van der Waals surface area contributed by atoms with E-state index >= 15 is 0 Å². The van der Waals surface area contributed by atoms with Gasteiger partial charge in [0.1, 0.15) is 37.1 Å². The van der Waals surface area contributed by atoms with Crippen LogP contribution in [0.5, 0.6) is 17.2 Å². The van der Waals surface area contributed by atoms with Crippen LogP contribution in [0.15, 0.2) is 91.0 Å². The number of benzene rings is 3. The van der Waals surface area contributed by atoms with Gasteiger partial charge in [-0.25, -0.2) is 0 Å². The van der Waals surface area contributed by atoms with Gasteiger partial charge in [-0.05, 0) is 36.4 Å². The highest BCUT2D eigenvalue weighted by Gasteiger charge is 2.43. The number of epoxide rings is 3. The topological polar surface area (TPSA) is 65.3 Å². The van der Waals surface area contributed by atoms with E-state index in [4.69, 9.17) is 28.4 Å². The van der Waals surface area contributed by atoms with Crippen LogP contribution in [0.1, 0.15) is 103 Å². The fraction of sp³-hybridized carbons (Fsp3) is 0.538. The highest BCUT2D eigenvalue weighted by atomic mass is 16.8. The molecule has 3 atom stereocenters. The molecule has 0 saturated carbocycles. The maximum Gasteiger partial charge on any atom is 0.231 e. The van der Waals surface area contributed by atoms with Crippen molar-refractivity contribution in [3.8, 4) is 17.2 Å². The van der Waals surface area contributed by atoms with Gasteiger partial charge in [-0.2, -0.15) is 0 Å². The smallest absolute Gasteiger partial charge is 0.231 e. The third kappa shape index (κ3) is 23.9. The van der Waals surface area contributed by atoms with Crippen LogP contribution in [0, 0.1) is 0 Å². The van der Waals surface area contributed by atoms with E-state index < -0.39 is 0 Å².